The fourth-order valence-electron chi connectivity index (χ4n) is 2.95. The van der Waals surface area contributed by atoms with Crippen LogP contribution in [0.1, 0.15) is 22.2 Å². The maximum Gasteiger partial charge on any atom is 0.255 e. The highest BCUT2D eigenvalue weighted by molar-refractivity contribution is 6.07. The Labute approximate surface area is 132 Å². The van der Waals surface area contributed by atoms with Crippen LogP contribution in [0, 0.1) is 0 Å². The van der Waals surface area contributed by atoms with Gasteiger partial charge in [-0.3, -0.25) is 4.79 Å². The number of fused-ring (bicyclic) bond motifs is 1. The molecule has 4 rings (SSSR count). The van der Waals surface area contributed by atoms with Gasteiger partial charge in [0.25, 0.3) is 5.91 Å². The van der Waals surface area contributed by atoms with Crippen molar-refractivity contribution in [1.29, 1.82) is 0 Å². The van der Waals surface area contributed by atoms with Crippen LogP contribution in [0.25, 0.3) is 10.8 Å². The van der Waals surface area contributed by atoms with Crippen LogP contribution in [-0.2, 0) is 4.74 Å². The van der Waals surface area contributed by atoms with E-state index >= 15 is 0 Å². The van der Waals surface area contributed by atoms with Gasteiger partial charge < -0.3 is 14.2 Å². The van der Waals surface area contributed by atoms with E-state index in [-0.39, 0.29) is 11.9 Å². The summed E-state index contributed by atoms with van der Waals surface area (Å²) in [6, 6.07) is 13.3. The van der Waals surface area contributed by atoms with Crippen molar-refractivity contribution in [3.8, 4) is 0 Å². The van der Waals surface area contributed by atoms with Gasteiger partial charge in [-0.2, -0.15) is 4.98 Å². The highest BCUT2D eigenvalue weighted by Gasteiger charge is 2.32. The van der Waals surface area contributed by atoms with Crippen LogP contribution < -0.4 is 0 Å². The lowest BCUT2D eigenvalue weighted by Crippen LogP contribution is -2.43. The Morgan fingerprint density at radius 3 is 2.91 bits per heavy atom. The Kier molecular flexibility index (Phi) is 3.51. The van der Waals surface area contributed by atoms with E-state index in [1.165, 1.54) is 6.39 Å². The minimum absolute atomic E-state index is 0.0418. The Morgan fingerprint density at radius 1 is 1.17 bits per heavy atom. The molecular weight excluding hydrogens is 294 g/mol. The average molecular weight is 309 g/mol. The molecule has 1 aliphatic heterocycles. The minimum atomic E-state index is -0.325. The van der Waals surface area contributed by atoms with Gasteiger partial charge in [0.15, 0.2) is 5.82 Å². The van der Waals surface area contributed by atoms with Crippen LogP contribution in [-0.4, -0.2) is 40.7 Å². The molecule has 1 aromatic heterocycles. The molecule has 0 bridgehead atoms. The third-order valence-corrected chi connectivity index (χ3v) is 4.09. The lowest BCUT2D eigenvalue weighted by Gasteiger charge is -2.34. The van der Waals surface area contributed by atoms with Gasteiger partial charge >= 0.3 is 0 Å². The van der Waals surface area contributed by atoms with E-state index in [0.717, 1.165) is 10.8 Å². The van der Waals surface area contributed by atoms with Crippen LogP contribution in [0.2, 0.25) is 0 Å². The van der Waals surface area contributed by atoms with Gasteiger partial charge in [-0.05, 0) is 16.8 Å². The molecule has 6 nitrogen and oxygen atoms in total. The summed E-state index contributed by atoms with van der Waals surface area (Å²) in [7, 11) is 0. The van der Waals surface area contributed by atoms with Crippen molar-refractivity contribution in [1.82, 2.24) is 15.0 Å². The van der Waals surface area contributed by atoms with Gasteiger partial charge in [0, 0.05) is 12.1 Å². The van der Waals surface area contributed by atoms with Crippen LogP contribution >= 0.6 is 0 Å². The Hall–Kier alpha value is -2.73. The summed E-state index contributed by atoms with van der Waals surface area (Å²) in [4.78, 5) is 18.9. The number of benzene rings is 2. The van der Waals surface area contributed by atoms with E-state index in [2.05, 4.69) is 10.1 Å². The number of hydrogen-bond acceptors (Lipinski definition) is 5. The van der Waals surface area contributed by atoms with Crippen molar-refractivity contribution in [3.05, 3.63) is 60.2 Å². The second kappa shape index (κ2) is 5.81. The quantitative estimate of drug-likeness (QED) is 0.727. The monoisotopic (exact) mass is 309 g/mol. The molecule has 0 saturated carbocycles. The summed E-state index contributed by atoms with van der Waals surface area (Å²) < 4.78 is 10.3. The molecule has 3 aromatic rings. The number of morpholine rings is 1. The largest absolute Gasteiger partial charge is 0.377 e. The molecule has 1 amide bonds. The van der Waals surface area contributed by atoms with Crippen molar-refractivity contribution >= 4 is 16.7 Å². The van der Waals surface area contributed by atoms with Crippen molar-refractivity contribution in [2.45, 2.75) is 6.04 Å². The molecule has 0 spiro atoms. The second-order valence-electron chi connectivity index (χ2n) is 5.41. The molecule has 116 valence electrons. The Morgan fingerprint density at radius 2 is 2.04 bits per heavy atom. The first kappa shape index (κ1) is 13.9. The normalized spacial score (nSPS) is 18.3. The fourth-order valence-corrected chi connectivity index (χ4v) is 2.95. The number of hydrogen-bond donors (Lipinski definition) is 0. The molecule has 0 unspecified atom stereocenters. The topological polar surface area (TPSA) is 68.5 Å². The number of nitrogens with zero attached hydrogens (tertiary/aromatic N) is 3. The van der Waals surface area contributed by atoms with Gasteiger partial charge in [0.05, 0.1) is 13.2 Å². The summed E-state index contributed by atoms with van der Waals surface area (Å²) in [5.74, 6) is 0.429. The highest BCUT2D eigenvalue weighted by Crippen LogP contribution is 2.26. The average Bonchev–Trinajstić information content (AvgIpc) is 3.15. The number of aromatic nitrogens is 2. The number of amides is 1. The van der Waals surface area contributed by atoms with Crippen LogP contribution in [0.3, 0.4) is 0 Å². The molecule has 23 heavy (non-hydrogen) atoms. The first-order valence-corrected chi connectivity index (χ1v) is 7.47. The third-order valence-electron chi connectivity index (χ3n) is 4.09. The molecule has 2 aromatic carbocycles. The SMILES string of the molecule is O=C(c1cccc2ccccc12)N1CCOC[C@H]1c1ncon1. The maximum atomic E-state index is 13.1. The van der Waals surface area contributed by atoms with E-state index in [1.807, 2.05) is 42.5 Å². The molecule has 1 saturated heterocycles. The van der Waals surface area contributed by atoms with E-state index in [4.69, 9.17) is 9.26 Å². The van der Waals surface area contributed by atoms with E-state index < -0.39 is 0 Å². The van der Waals surface area contributed by atoms with Crippen molar-refractivity contribution in [2.24, 2.45) is 0 Å². The molecule has 1 fully saturated rings. The smallest absolute Gasteiger partial charge is 0.255 e. The molecule has 2 heterocycles. The molecule has 0 aliphatic carbocycles. The lowest BCUT2D eigenvalue weighted by atomic mass is 10.0. The van der Waals surface area contributed by atoms with Crippen LogP contribution in [0.5, 0.6) is 0 Å². The van der Waals surface area contributed by atoms with Crippen LogP contribution in [0.4, 0.5) is 0 Å². The number of carbonyl (C=O) groups is 1. The predicted molar refractivity (Wildman–Crippen MR) is 82.8 cm³/mol. The van der Waals surface area contributed by atoms with Crippen molar-refractivity contribution in [2.75, 3.05) is 19.8 Å². The number of carbonyl (C=O) groups excluding carboxylic acids is 1. The zero-order valence-electron chi connectivity index (χ0n) is 12.4. The third kappa shape index (κ3) is 2.47. The van der Waals surface area contributed by atoms with E-state index in [0.29, 0.717) is 31.1 Å². The first-order valence-electron chi connectivity index (χ1n) is 7.47. The number of ether oxygens (including phenoxy) is 1. The molecular formula is C17H15N3O3. The summed E-state index contributed by atoms with van der Waals surface area (Å²) in [5, 5.41) is 5.86. The molecule has 6 heteroatoms. The standard InChI is InChI=1S/C17H15N3O3/c21-17(14-7-3-5-12-4-1-2-6-13(12)14)20-8-9-22-10-15(20)16-18-11-23-19-16/h1-7,11,15H,8-10H2/t15-/m0/s1. The fraction of sp³-hybridized carbons (Fsp3) is 0.235. The molecule has 0 N–H and O–H groups in total. The van der Waals surface area contributed by atoms with Gasteiger partial charge in [-0.1, -0.05) is 41.6 Å². The molecule has 1 aliphatic rings. The Balaban J connectivity index is 1.74. The highest BCUT2D eigenvalue weighted by atomic mass is 16.5. The summed E-state index contributed by atoms with van der Waals surface area (Å²) in [6.45, 7) is 1.38. The van der Waals surface area contributed by atoms with Gasteiger partial charge in [0.2, 0.25) is 6.39 Å². The van der Waals surface area contributed by atoms with Crippen LogP contribution in [0.15, 0.2) is 53.4 Å². The van der Waals surface area contributed by atoms with Gasteiger partial charge in [-0.15, -0.1) is 0 Å². The summed E-state index contributed by atoms with van der Waals surface area (Å²) >= 11 is 0. The van der Waals surface area contributed by atoms with Gasteiger partial charge in [-0.25, -0.2) is 0 Å². The minimum Gasteiger partial charge on any atom is -0.377 e. The van der Waals surface area contributed by atoms with E-state index in [9.17, 15) is 4.79 Å². The predicted octanol–water partition coefficient (Wildman–Crippen LogP) is 2.44. The second-order valence-corrected chi connectivity index (χ2v) is 5.41. The zero-order chi connectivity index (χ0) is 15.6. The maximum absolute atomic E-state index is 13.1. The Bertz CT molecular complexity index is 827. The summed E-state index contributed by atoms with van der Waals surface area (Å²) in [6.07, 6.45) is 1.27. The zero-order valence-corrected chi connectivity index (χ0v) is 12.4. The van der Waals surface area contributed by atoms with Gasteiger partial charge in [0.1, 0.15) is 6.04 Å². The first-order chi connectivity index (χ1) is 11.3. The summed E-state index contributed by atoms with van der Waals surface area (Å²) in [5.41, 5.74) is 0.679. The lowest BCUT2D eigenvalue weighted by molar-refractivity contribution is -0.00566. The molecule has 1 atom stereocenters. The van der Waals surface area contributed by atoms with E-state index in [1.54, 1.807) is 4.90 Å². The molecule has 0 radical (unpaired) electrons. The van der Waals surface area contributed by atoms with Crippen molar-refractivity contribution in [3.63, 3.8) is 0 Å². The number of rotatable bonds is 2. The van der Waals surface area contributed by atoms with Crippen molar-refractivity contribution < 1.29 is 14.1 Å².